The van der Waals surface area contributed by atoms with Crippen molar-refractivity contribution < 1.29 is 13.5 Å². The third-order valence-electron chi connectivity index (χ3n) is 2.59. The van der Waals surface area contributed by atoms with Gasteiger partial charge < -0.3 is 5.11 Å². The molecule has 0 bridgehead atoms. The van der Waals surface area contributed by atoms with E-state index < -0.39 is 16.1 Å². The molecular weight excluding hydrogens is 320 g/mol. The molecule has 1 atom stereocenters. The van der Waals surface area contributed by atoms with Gasteiger partial charge in [-0.05, 0) is 12.0 Å². The Morgan fingerprint density at radius 3 is 2.60 bits per heavy atom. The number of rotatable bonds is 6. The van der Waals surface area contributed by atoms with Gasteiger partial charge in [0, 0.05) is 6.04 Å². The fraction of sp³-hybridized carbons (Fsp3) is 0.250. The second-order valence-corrected chi connectivity index (χ2v) is 7.68. The van der Waals surface area contributed by atoms with E-state index in [4.69, 9.17) is 11.6 Å². The fourth-order valence-corrected chi connectivity index (χ4v) is 4.22. The summed E-state index contributed by atoms with van der Waals surface area (Å²) in [4.78, 5) is 3.70. The number of aromatic nitrogens is 1. The van der Waals surface area contributed by atoms with Crippen LogP contribution in [0.25, 0.3) is 0 Å². The van der Waals surface area contributed by atoms with Crippen LogP contribution in [0.4, 0.5) is 0 Å². The van der Waals surface area contributed by atoms with E-state index in [1.165, 1.54) is 6.20 Å². The summed E-state index contributed by atoms with van der Waals surface area (Å²) in [5, 5.41) is 9.34. The Labute approximate surface area is 126 Å². The molecule has 1 aromatic carbocycles. The van der Waals surface area contributed by atoms with Gasteiger partial charge in [-0.15, -0.1) is 0 Å². The summed E-state index contributed by atoms with van der Waals surface area (Å²) in [7, 11) is -3.71. The van der Waals surface area contributed by atoms with Gasteiger partial charge in [0.1, 0.15) is 0 Å². The third-order valence-corrected chi connectivity index (χ3v) is 5.68. The van der Waals surface area contributed by atoms with Gasteiger partial charge in [0.15, 0.2) is 8.68 Å². The molecule has 0 aliphatic carbocycles. The van der Waals surface area contributed by atoms with Crippen LogP contribution in [0, 0.1) is 0 Å². The molecule has 0 aliphatic heterocycles. The Hall–Kier alpha value is -0.990. The molecule has 5 nitrogen and oxygen atoms in total. The zero-order valence-corrected chi connectivity index (χ0v) is 12.7. The van der Waals surface area contributed by atoms with Gasteiger partial charge in [-0.3, -0.25) is 0 Å². The number of nitrogens with one attached hydrogen (secondary N) is 1. The molecule has 0 spiro atoms. The molecule has 2 N–H and O–H groups in total. The standard InChI is InChI=1S/C12H13ClN2O3S2/c13-12-14-7-11(19-12)20(17,18)15-10(8-16)6-9-4-2-1-3-5-9/h1-5,7,10,15-16H,6,8H2/t10-/m0/s1. The van der Waals surface area contributed by atoms with Crippen molar-refractivity contribution in [3.8, 4) is 0 Å². The highest BCUT2D eigenvalue weighted by Crippen LogP contribution is 2.22. The molecule has 0 aliphatic rings. The van der Waals surface area contributed by atoms with Crippen LogP contribution < -0.4 is 4.72 Å². The molecule has 2 aromatic rings. The molecule has 1 heterocycles. The molecule has 0 amide bonds. The number of nitrogens with zero attached hydrogens (tertiary/aromatic N) is 1. The predicted molar refractivity (Wildman–Crippen MR) is 78.5 cm³/mol. The van der Waals surface area contributed by atoms with Crippen molar-refractivity contribution in [2.75, 3.05) is 6.61 Å². The summed E-state index contributed by atoms with van der Waals surface area (Å²) in [6, 6.07) is 8.76. The van der Waals surface area contributed by atoms with Crippen molar-refractivity contribution in [3.05, 3.63) is 46.6 Å². The van der Waals surface area contributed by atoms with Gasteiger partial charge in [0.25, 0.3) is 10.0 Å². The van der Waals surface area contributed by atoms with E-state index in [9.17, 15) is 13.5 Å². The molecule has 20 heavy (non-hydrogen) atoms. The van der Waals surface area contributed by atoms with E-state index in [1.54, 1.807) is 0 Å². The van der Waals surface area contributed by atoms with E-state index in [2.05, 4.69) is 9.71 Å². The fourth-order valence-electron chi connectivity index (χ4n) is 1.68. The number of aliphatic hydroxyl groups is 1. The topological polar surface area (TPSA) is 79.3 Å². The molecule has 1 aromatic heterocycles. The smallest absolute Gasteiger partial charge is 0.252 e. The zero-order valence-electron chi connectivity index (χ0n) is 10.4. The highest BCUT2D eigenvalue weighted by molar-refractivity contribution is 7.91. The Kier molecular flexibility index (Phi) is 5.11. The largest absolute Gasteiger partial charge is 0.395 e. The first kappa shape index (κ1) is 15.4. The molecule has 0 fully saturated rings. The maximum absolute atomic E-state index is 12.1. The van der Waals surface area contributed by atoms with E-state index >= 15 is 0 Å². The number of hydrogen-bond donors (Lipinski definition) is 2. The monoisotopic (exact) mass is 332 g/mol. The minimum Gasteiger partial charge on any atom is -0.395 e. The van der Waals surface area contributed by atoms with E-state index in [1.807, 2.05) is 30.3 Å². The summed E-state index contributed by atoms with van der Waals surface area (Å²) in [5.41, 5.74) is 0.941. The second-order valence-electron chi connectivity index (χ2n) is 4.12. The predicted octanol–water partition coefficient (Wildman–Crippen LogP) is 1.68. The number of hydrogen-bond acceptors (Lipinski definition) is 5. The average Bonchev–Trinajstić information content (AvgIpc) is 2.86. The highest BCUT2D eigenvalue weighted by atomic mass is 35.5. The van der Waals surface area contributed by atoms with Gasteiger partial charge in [-0.2, -0.15) is 0 Å². The van der Waals surface area contributed by atoms with Crippen LogP contribution in [0.3, 0.4) is 0 Å². The first-order valence-corrected chi connectivity index (χ1v) is 8.47. The average molecular weight is 333 g/mol. The molecule has 0 unspecified atom stereocenters. The summed E-state index contributed by atoms with van der Waals surface area (Å²) in [6.45, 7) is -0.291. The quantitative estimate of drug-likeness (QED) is 0.843. The van der Waals surface area contributed by atoms with Gasteiger partial charge in [-0.1, -0.05) is 53.3 Å². The number of aliphatic hydroxyl groups excluding tert-OH is 1. The summed E-state index contributed by atoms with van der Waals surface area (Å²) < 4.78 is 26.8. The number of sulfonamides is 1. The SMILES string of the molecule is O=S(=O)(N[C@H](CO)Cc1ccccc1)c1cnc(Cl)s1. The van der Waals surface area contributed by atoms with Crippen molar-refractivity contribution in [1.82, 2.24) is 9.71 Å². The number of halogens is 1. The van der Waals surface area contributed by atoms with Crippen molar-refractivity contribution in [3.63, 3.8) is 0 Å². The first-order valence-electron chi connectivity index (χ1n) is 5.79. The molecule has 0 saturated heterocycles. The lowest BCUT2D eigenvalue weighted by molar-refractivity contribution is 0.256. The highest BCUT2D eigenvalue weighted by Gasteiger charge is 2.22. The first-order chi connectivity index (χ1) is 9.51. The maximum Gasteiger partial charge on any atom is 0.252 e. The van der Waals surface area contributed by atoms with Crippen molar-refractivity contribution in [2.24, 2.45) is 0 Å². The Balaban J connectivity index is 2.10. The van der Waals surface area contributed by atoms with Crippen molar-refractivity contribution >= 4 is 33.0 Å². The van der Waals surface area contributed by atoms with E-state index in [-0.39, 0.29) is 15.3 Å². The number of thiazole rings is 1. The lowest BCUT2D eigenvalue weighted by Gasteiger charge is -2.15. The summed E-state index contributed by atoms with van der Waals surface area (Å²) >= 11 is 6.51. The van der Waals surface area contributed by atoms with Crippen LogP contribution in [0.5, 0.6) is 0 Å². The lowest BCUT2D eigenvalue weighted by Crippen LogP contribution is -2.38. The Bertz CT molecular complexity index is 658. The lowest BCUT2D eigenvalue weighted by atomic mass is 10.1. The molecule has 8 heteroatoms. The van der Waals surface area contributed by atoms with Crippen LogP contribution in [0.2, 0.25) is 4.47 Å². The van der Waals surface area contributed by atoms with Crippen LogP contribution in [0.1, 0.15) is 5.56 Å². The van der Waals surface area contributed by atoms with E-state index in [0.29, 0.717) is 6.42 Å². The molecule has 0 saturated carbocycles. The maximum atomic E-state index is 12.1. The second kappa shape index (κ2) is 6.64. The van der Waals surface area contributed by atoms with Gasteiger partial charge in [0.05, 0.1) is 12.8 Å². The molecular formula is C12H13ClN2O3S2. The summed E-state index contributed by atoms with van der Waals surface area (Å²) in [6.07, 6.45) is 1.61. The van der Waals surface area contributed by atoms with Gasteiger partial charge >= 0.3 is 0 Å². The Morgan fingerprint density at radius 1 is 1.35 bits per heavy atom. The van der Waals surface area contributed by atoms with Crippen molar-refractivity contribution in [2.45, 2.75) is 16.7 Å². The third kappa shape index (κ3) is 4.00. The van der Waals surface area contributed by atoms with E-state index in [0.717, 1.165) is 16.9 Å². The normalized spacial score (nSPS) is 13.3. The van der Waals surface area contributed by atoms with Crippen LogP contribution in [-0.4, -0.2) is 31.2 Å². The summed E-state index contributed by atoms with van der Waals surface area (Å²) in [5.74, 6) is 0. The van der Waals surface area contributed by atoms with Gasteiger partial charge in [0.2, 0.25) is 0 Å². The molecule has 0 radical (unpaired) electrons. The Morgan fingerprint density at radius 2 is 2.05 bits per heavy atom. The number of benzene rings is 1. The minimum atomic E-state index is -3.71. The van der Waals surface area contributed by atoms with Crippen LogP contribution >= 0.6 is 22.9 Å². The molecule has 108 valence electrons. The zero-order chi connectivity index (χ0) is 14.6. The van der Waals surface area contributed by atoms with Crippen LogP contribution in [-0.2, 0) is 16.4 Å². The van der Waals surface area contributed by atoms with Crippen LogP contribution in [0.15, 0.2) is 40.7 Å². The minimum absolute atomic E-state index is 0.0361. The van der Waals surface area contributed by atoms with Crippen molar-refractivity contribution in [1.29, 1.82) is 0 Å². The molecule has 2 rings (SSSR count). The van der Waals surface area contributed by atoms with Gasteiger partial charge in [-0.25, -0.2) is 18.1 Å².